The molecule has 1 aliphatic heterocycles. The molecule has 11 heteroatoms. The minimum Gasteiger partial charge on any atom is -0.327 e. The quantitative estimate of drug-likeness (QED) is 0.606. The summed E-state index contributed by atoms with van der Waals surface area (Å²) in [5, 5.41) is 11.4. The van der Waals surface area contributed by atoms with Crippen molar-refractivity contribution in [2.45, 2.75) is 32.0 Å². The minimum atomic E-state index is -3.42. The van der Waals surface area contributed by atoms with E-state index in [1.54, 1.807) is 15.8 Å². The van der Waals surface area contributed by atoms with Crippen molar-refractivity contribution in [3.05, 3.63) is 54.1 Å². The van der Waals surface area contributed by atoms with Crippen molar-refractivity contribution in [3.8, 4) is 11.4 Å². The van der Waals surface area contributed by atoms with Gasteiger partial charge in [-0.25, -0.2) is 18.1 Å². The molecule has 4 rings (SSSR count). The average Bonchev–Trinajstić information content (AvgIpc) is 3.46. The van der Waals surface area contributed by atoms with Gasteiger partial charge in [-0.1, -0.05) is 30.3 Å². The molecule has 1 aliphatic rings. The highest BCUT2D eigenvalue weighted by Gasteiger charge is 2.39. The van der Waals surface area contributed by atoms with Crippen LogP contribution in [0.15, 0.2) is 42.7 Å². The number of carbonyl (C=O) groups is 1. The summed E-state index contributed by atoms with van der Waals surface area (Å²) >= 11 is 0. The number of aromatic amines is 1. The molecule has 10 nitrogen and oxygen atoms in total. The summed E-state index contributed by atoms with van der Waals surface area (Å²) < 4.78 is 27.8. The summed E-state index contributed by atoms with van der Waals surface area (Å²) in [5.74, 6) is 0.814. The van der Waals surface area contributed by atoms with Crippen LogP contribution in [-0.4, -0.2) is 63.0 Å². The van der Waals surface area contributed by atoms with Crippen LogP contribution in [0.5, 0.6) is 0 Å². The van der Waals surface area contributed by atoms with E-state index in [9.17, 15) is 13.2 Å². The third kappa shape index (κ3) is 4.26. The second-order valence-electron chi connectivity index (χ2n) is 7.29. The summed E-state index contributed by atoms with van der Waals surface area (Å²) in [4.78, 5) is 19.4. The fourth-order valence-corrected chi connectivity index (χ4v) is 4.44. The highest BCUT2D eigenvalue weighted by Crippen LogP contribution is 2.32. The second kappa shape index (κ2) is 8.00. The Morgan fingerprint density at radius 3 is 2.73 bits per heavy atom. The Labute approximate surface area is 174 Å². The Hall–Kier alpha value is -3.05. The molecule has 0 radical (unpaired) electrons. The van der Waals surface area contributed by atoms with Crippen molar-refractivity contribution in [2.75, 3.05) is 12.8 Å². The fourth-order valence-electron chi connectivity index (χ4n) is 3.66. The molecule has 2 N–H and O–H groups in total. The molecule has 0 aliphatic carbocycles. The van der Waals surface area contributed by atoms with Crippen molar-refractivity contribution in [2.24, 2.45) is 0 Å². The van der Waals surface area contributed by atoms with E-state index in [4.69, 9.17) is 0 Å². The lowest BCUT2D eigenvalue weighted by Gasteiger charge is -2.22. The highest BCUT2D eigenvalue weighted by molar-refractivity contribution is 7.88. The number of hydrogen-bond donors (Lipinski definition) is 2. The van der Waals surface area contributed by atoms with Crippen molar-refractivity contribution < 1.29 is 13.2 Å². The smallest absolute Gasteiger partial charge is 0.257 e. The number of nitrogens with zero attached hydrogens (tertiary/aromatic N) is 5. The van der Waals surface area contributed by atoms with Gasteiger partial charge >= 0.3 is 0 Å². The van der Waals surface area contributed by atoms with E-state index in [1.807, 2.05) is 37.3 Å². The SMILES string of the molecule is CCn1cc(C(=O)N2CC(NS(C)(=O)=O)CC2c2nc(-c3ccccc3)n[nH]2)cn1. The molecule has 1 saturated heterocycles. The molecule has 3 aromatic rings. The van der Waals surface area contributed by atoms with Crippen molar-refractivity contribution in [3.63, 3.8) is 0 Å². The number of H-pyrrole nitrogens is 1. The maximum Gasteiger partial charge on any atom is 0.257 e. The number of rotatable bonds is 6. The Morgan fingerprint density at radius 2 is 2.07 bits per heavy atom. The van der Waals surface area contributed by atoms with Crippen LogP contribution >= 0.6 is 0 Å². The van der Waals surface area contributed by atoms with Gasteiger partial charge in [0.2, 0.25) is 10.0 Å². The van der Waals surface area contributed by atoms with Gasteiger partial charge in [0, 0.05) is 30.9 Å². The lowest BCUT2D eigenvalue weighted by molar-refractivity contribution is 0.0728. The van der Waals surface area contributed by atoms with Gasteiger partial charge in [0.25, 0.3) is 5.91 Å². The van der Waals surface area contributed by atoms with Crippen LogP contribution < -0.4 is 4.72 Å². The molecule has 0 saturated carbocycles. The van der Waals surface area contributed by atoms with Gasteiger partial charge in [0.05, 0.1) is 24.1 Å². The number of aromatic nitrogens is 5. The second-order valence-corrected chi connectivity index (χ2v) is 9.07. The van der Waals surface area contributed by atoms with E-state index in [2.05, 4.69) is 25.0 Å². The zero-order valence-electron chi connectivity index (χ0n) is 16.7. The number of carbonyl (C=O) groups excluding carboxylic acids is 1. The van der Waals surface area contributed by atoms with E-state index >= 15 is 0 Å². The first-order valence-electron chi connectivity index (χ1n) is 9.62. The van der Waals surface area contributed by atoms with Crippen molar-refractivity contribution in [1.29, 1.82) is 0 Å². The largest absolute Gasteiger partial charge is 0.327 e. The molecule has 0 spiro atoms. The number of likely N-dealkylation sites (tertiary alicyclic amines) is 1. The van der Waals surface area contributed by atoms with E-state index in [1.165, 1.54) is 6.20 Å². The molecule has 2 aromatic heterocycles. The van der Waals surface area contributed by atoms with Gasteiger partial charge in [0.1, 0.15) is 5.82 Å². The van der Waals surface area contributed by atoms with Crippen LogP contribution in [0.3, 0.4) is 0 Å². The van der Waals surface area contributed by atoms with Gasteiger partial charge in [-0.2, -0.15) is 10.2 Å². The molecule has 1 fully saturated rings. The van der Waals surface area contributed by atoms with Crippen LogP contribution in [-0.2, 0) is 16.6 Å². The minimum absolute atomic E-state index is 0.227. The maximum atomic E-state index is 13.2. The summed E-state index contributed by atoms with van der Waals surface area (Å²) in [6, 6.07) is 8.65. The van der Waals surface area contributed by atoms with Crippen molar-refractivity contribution >= 4 is 15.9 Å². The molecular formula is C19H23N7O3S. The first kappa shape index (κ1) is 20.2. The third-order valence-corrected chi connectivity index (χ3v) is 5.76. The van der Waals surface area contributed by atoms with Gasteiger partial charge in [-0.05, 0) is 13.3 Å². The lowest BCUT2D eigenvalue weighted by atomic mass is 10.1. The third-order valence-electron chi connectivity index (χ3n) is 5.00. The number of benzene rings is 1. The van der Waals surface area contributed by atoms with Crippen LogP contribution in [0.1, 0.15) is 35.6 Å². The Bertz CT molecular complexity index is 1140. The standard InChI is InChI=1S/C19H23N7O3S/c1-3-25-11-14(10-20-25)19(27)26-12-15(24-30(2,28)29)9-16(26)18-21-17(22-23-18)13-7-5-4-6-8-13/h4-8,10-11,15-16,24H,3,9,12H2,1-2H3,(H,21,22,23). The zero-order chi connectivity index (χ0) is 21.3. The Morgan fingerprint density at radius 1 is 1.30 bits per heavy atom. The summed E-state index contributed by atoms with van der Waals surface area (Å²) in [6.45, 7) is 2.82. The van der Waals surface area contributed by atoms with Gasteiger partial charge in [-0.15, -0.1) is 0 Å². The highest BCUT2D eigenvalue weighted by atomic mass is 32.2. The first-order valence-corrected chi connectivity index (χ1v) is 11.5. The summed E-state index contributed by atoms with van der Waals surface area (Å²) in [6.07, 6.45) is 4.71. The van der Waals surface area contributed by atoms with Crippen LogP contribution in [0.2, 0.25) is 0 Å². The molecule has 1 aromatic carbocycles. The molecule has 1 amide bonds. The lowest BCUT2D eigenvalue weighted by Crippen LogP contribution is -2.38. The van der Waals surface area contributed by atoms with Gasteiger partial charge < -0.3 is 4.90 Å². The molecule has 30 heavy (non-hydrogen) atoms. The number of hydrogen-bond acceptors (Lipinski definition) is 6. The number of aryl methyl sites for hydroxylation is 1. The fraction of sp³-hybridized carbons (Fsp3) is 0.368. The first-order chi connectivity index (χ1) is 14.3. The topological polar surface area (TPSA) is 126 Å². The predicted octanol–water partition coefficient (Wildman–Crippen LogP) is 1.19. The van der Waals surface area contributed by atoms with Gasteiger partial charge in [0.15, 0.2) is 5.82 Å². The summed E-state index contributed by atoms with van der Waals surface area (Å²) in [5.41, 5.74) is 1.30. The van der Waals surface area contributed by atoms with Crippen LogP contribution in [0.25, 0.3) is 11.4 Å². The Kier molecular flexibility index (Phi) is 5.39. The molecule has 2 atom stereocenters. The molecule has 3 heterocycles. The average molecular weight is 430 g/mol. The molecule has 2 unspecified atom stereocenters. The monoisotopic (exact) mass is 429 g/mol. The van der Waals surface area contributed by atoms with E-state index in [0.29, 0.717) is 30.2 Å². The Balaban J connectivity index is 1.64. The summed E-state index contributed by atoms with van der Waals surface area (Å²) in [7, 11) is -3.42. The molecule has 0 bridgehead atoms. The molecular weight excluding hydrogens is 406 g/mol. The maximum absolute atomic E-state index is 13.2. The molecule has 158 valence electrons. The number of nitrogens with one attached hydrogen (secondary N) is 2. The van der Waals surface area contributed by atoms with Gasteiger partial charge in [-0.3, -0.25) is 14.6 Å². The van der Waals surface area contributed by atoms with E-state index in [0.717, 1.165) is 11.8 Å². The van der Waals surface area contributed by atoms with Crippen LogP contribution in [0.4, 0.5) is 0 Å². The normalized spacial score (nSPS) is 19.3. The number of amides is 1. The number of sulfonamides is 1. The van der Waals surface area contributed by atoms with Crippen molar-refractivity contribution in [1.82, 2.24) is 34.6 Å². The zero-order valence-corrected chi connectivity index (χ0v) is 17.5. The van der Waals surface area contributed by atoms with E-state index < -0.39 is 22.1 Å². The predicted molar refractivity (Wildman–Crippen MR) is 110 cm³/mol. The van der Waals surface area contributed by atoms with E-state index in [-0.39, 0.29) is 12.5 Å². The van der Waals surface area contributed by atoms with Crippen LogP contribution in [0, 0.1) is 0 Å².